The predicted molar refractivity (Wildman–Crippen MR) is 168 cm³/mol. The number of nitrogens with zero attached hydrogens (tertiary/aromatic N) is 1. The van der Waals surface area contributed by atoms with Crippen molar-refractivity contribution in [1.82, 2.24) is 10.2 Å². The van der Waals surface area contributed by atoms with Gasteiger partial charge in [-0.3, -0.25) is 4.90 Å². The van der Waals surface area contributed by atoms with Gasteiger partial charge in [-0.05, 0) is 76.1 Å². The zero-order valence-corrected chi connectivity index (χ0v) is 25.7. The van der Waals surface area contributed by atoms with E-state index in [1.165, 1.54) is 5.56 Å². The molecule has 1 saturated heterocycles. The average Bonchev–Trinajstić information content (AvgIpc) is 2.99. The van der Waals surface area contributed by atoms with E-state index in [0.29, 0.717) is 32.3 Å². The number of hydrogen-bond donors (Lipinski definition) is 1. The molecule has 6 heteroatoms. The Labute approximate surface area is 252 Å². The van der Waals surface area contributed by atoms with Crippen LogP contribution in [0.25, 0.3) is 0 Å². The van der Waals surface area contributed by atoms with Crippen molar-refractivity contribution in [3.8, 4) is 0 Å². The van der Waals surface area contributed by atoms with E-state index in [2.05, 4.69) is 83.9 Å². The molecule has 42 heavy (non-hydrogen) atoms. The van der Waals surface area contributed by atoms with Crippen LogP contribution in [0, 0.1) is 5.92 Å². The maximum atomic E-state index is 12.2. The number of ether oxygens (including phenoxy) is 3. The van der Waals surface area contributed by atoms with Crippen molar-refractivity contribution in [2.24, 2.45) is 5.92 Å². The molecule has 3 aromatic carbocycles. The lowest BCUT2D eigenvalue weighted by Crippen LogP contribution is -2.52. The van der Waals surface area contributed by atoms with Crippen LogP contribution >= 0.6 is 0 Å². The Balaban J connectivity index is 1.49. The van der Waals surface area contributed by atoms with Gasteiger partial charge in [-0.1, -0.05) is 91.0 Å². The summed E-state index contributed by atoms with van der Waals surface area (Å²) >= 11 is 0. The third-order valence-electron chi connectivity index (χ3n) is 7.93. The number of likely N-dealkylation sites (tertiary alicyclic amines) is 1. The first-order valence-electron chi connectivity index (χ1n) is 15.3. The van der Waals surface area contributed by atoms with Gasteiger partial charge in [0.05, 0.1) is 25.9 Å². The van der Waals surface area contributed by atoms with Crippen molar-refractivity contribution in [2.75, 3.05) is 19.7 Å². The Morgan fingerprint density at radius 3 is 2.12 bits per heavy atom. The summed E-state index contributed by atoms with van der Waals surface area (Å²) in [5.74, 6) is 0.459. The first kappa shape index (κ1) is 31.7. The van der Waals surface area contributed by atoms with Crippen LogP contribution in [-0.4, -0.2) is 48.4 Å². The predicted octanol–water partition coefficient (Wildman–Crippen LogP) is 7.55. The Bertz CT molecular complexity index is 1180. The summed E-state index contributed by atoms with van der Waals surface area (Å²) in [6.45, 7) is 11.1. The zero-order chi connectivity index (χ0) is 29.8. The van der Waals surface area contributed by atoms with Crippen molar-refractivity contribution in [3.63, 3.8) is 0 Å². The number of nitrogens with one attached hydrogen (secondary N) is 1. The highest BCUT2D eigenvalue weighted by Gasteiger charge is 2.37. The van der Waals surface area contributed by atoms with Crippen molar-refractivity contribution in [1.29, 1.82) is 0 Å². The van der Waals surface area contributed by atoms with Gasteiger partial charge in [-0.25, -0.2) is 4.79 Å². The van der Waals surface area contributed by atoms with Gasteiger partial charge < -0.3 is 19.5 Å². The number of carbonyl (C=O) groups excluding carboxylic acids is 1. The molecule has 0 aromatic heterocycles. The van der Waals surface area contributed by atoms with Crippen molar-refractivity contribution < 1.29 is 19.0 Å². The smallest absolute Gasteiger partial charge is 0.407 e. The summed E-state index contributed by atoms with van der Waals surface area (Å²) < 4.78 is 18.5. The van der Waals surface area contributed by atoms with Crippen LogP contribution in [0.3, 0.4) is 0 Å². The van der Waals surface area contributed by atoms with Crippen molar-refractivity contribution >= 4 is 6.09 Å². The van der Waals surface area contributed by atoms with Crippen LogP contribution in [0.4, 0.5) is 4.79 Å². The molecule has 3 aromatic rings. The molecule has 1 heterocycles. The van der Waals surface area contributed by atoms with Crippen molar-refractivity contribution in [2.45, 2.75) is 84.0 Å². The molecule has 4 atom stereocenters. The molecule has 226 valence electrons. The number of rotatable bonds is 13. The summed E-state index contributed by atoms with van der Waals surface area (Å²) in [6.07, 6.45) is 2.48. The molecular formula is C36H48N2O4. The average molecular weight is 573 g/mol. The zero-order valence-electron chi connectivity index (χ0n) is 25.7. The normalized spacial score (nSPS) is 19.1. The summed E-state index contributed by atoms with van der Waals surface area (Å²) in [7, 11) is 0. The van der Waals surface area contributed by atoms with E-state index in [0.717, 1.165) is 36.9 Å². The van der Waals surface area contributed by atoms with Gasteiger partial charge in [0.25, 0.3) is 0 Å². The molecule has 0 spiro atoms. The maximum absolute atomic E-state index is 12.2. The van der Waals surface area contributed by atoms with Gasteiger partial charge in [0, 0.05) is 18.6 Å². The molecule has 4 rings (SSSR count). The SMILES string of the molecule is C[C@@H](c1ccccc1)N1CC[C@@H](CCNC(=O)OC(C)(C)C)C[C@@H]1[C@@H](COCc1ccccc1)OCc1ccccc1. The van der Waals surface area contributed by atoms with Crippen LogP contribution in [-0.2, 0) is 27.4 Å². The number of benzene rings is 3. The van der Waals surface area contributed by atoms with E-state index in [9.17, 15) is 4.79 Å². The van der Waals surface area contributed by atoms with E-state index in [4.69, 9.17) is 14.2 Å². The topological polar surface area (TPSA) is 60.0 Å². The summed E-state index contributed by atoms with van der Waals surface area (Å²) in [6, 6.07) is 31.8. The summed E-state index contributed by atoms with van der Waals surface area (Å²) in [4.78, 5) is 14.9. The number of hydrogen-bond acceptors (Lipinski definition) is 5. The Kier molecular flexibility index (Phi) is 12.0. The fraction of sp³-hybridized carbons (Fsp3) is 0.472. The quantitative estimate of drug-likeness (QED) is 0.229. The van der Waals surface area contributed by atoms with Crippen LogP contribution in [0.2, 0.25) is 0 Å². The molecule has 0 unspecified atom stereocenters. The van der Waals surface area contributed by atoms with Gasteiger partial charge >= 0.3 is 6.09 Å². The van der Waals surface area contributed by atoms with E-state index in [1.807, 2.05) is 45.0 Å². The summed E-state index contributed by atoms with van der Waals surface area (Å²) in [5, 5.41) is 2.96. The molecule has 1 N–H and O–H groups in total. The van der Waals surface area contributed by atoms with Crippen molar-refractivity contribution in [3.05, 3.63) is 108 Å². The molecule has 6 nitrogen and oxygen atoms in total. The van der Waals surface area contributed by atoms with E-state index in [-0.39, 0.29) is 24.3 Å². The van der Waals surface area contributed by atoms with Crippen LogP contribution < -0.4 is 5.32 Å². The van der Waals surface area contributed by atoms with E-state index in [1.54, 1.807) is 0 Å². The molecular weight excluding hydrogens is 524 g/mol. The first-order valence-corrected chi connectivity index (χ1v) is 15.3. The largest absolute Gasteiger partial charge is 0.444 e. The monoisotopic (exact) mass is 572 g/mol. The Morgan fingerprint density at radius 1 is 0.905 bits per heavy atom. The fourth-order valence-corrected chi connectivity index (χ4v) is 5.73. The second kappa shape index (κ2) is 15.9. The fourth-order valence-electron chi connectivity index (χ4n) is 5.73. The Morgan fingerprint density at radius 2 is 1.50 bits per heavy atom. The molecule has 1 aliphatic heterocycles. The second-order valence-electron chi connectivity index (χ2n) is 12.3. The highest BCUT2D eigenvalue weighted by atomic mass is 16.6. The van der Waals surface area contributed by atoms with E-state index < -0.39 is 5.60 Å². The lowest BCUT2D eigenvalue weighted by molar-refractivity contribution is -0.0956. The number of piperidine rings is 1. The molecule has 1 aliphatic rings. The molecule has 1 amide bonds. The lowest BCUT2D eigenvalue weighted by Gasteiger charge is -2.46. The van der Waals surface area contributed by atoms with Gasteiger partial charge in [-0.2, -0.15) is 0 Å². The minimum absolute atomic E-state index is 0.110. The first-order chi connectivity index (χ1) is 20.3. The minimum atomic E-state index is -0.503. The molecule has 0 aliphatic carbocycles. The molecule has 0 bridgehead atoms. The van der Waals surface area contributed by atoms with Crippen LogP contribution in [0.15, 0.2) is 91.0 Å². The van der Waals surface area contributed by atoms with Gasteiger partial charge in [0.15, 0.2) is 0 Å². The standard InChI is InChI=1S/C36H48N2O4/c1-28(32-18-12-7-13-19-32)38-23-21-29(20-22-37-35(39)42-36(2,3)4)24-33(38)34(41-26-31-16-10-6-11-17-31)27-40-25-30-14-8-5-9-15-30/h5-19,28-29,33-34H,20-27H2,1-4H3,(H,37,39)/t28-,29+,33+,34+/m0/s1. The van der Waals surface area contributed by atoms with E-state index >= 15 is 0 Å². The van der Waals surface area contributed by atoms with Crippen LogP contribution in [0.5, 0.6) is 0 Å². The minimum Gasteiger partial charge on any atom is -0.444 e. The molecule has 0 radical (unpaired) electrons. The third kappa shape index (κ3) is 10.3. The van der Waals surface area contributed by atoms with Crippen LogP contribution in [0.1, 0.15) is 69.7 Å². The third-order valence-corrected chi connectivity index (χ3v) is 7.93. The Hall–Kier alpha value is -3.19. The maximum Gasteiger partial charge on any atom is 0.407 e. The highest BCUT2D eigenvalue weighted by molar-refractivity contribution is 5.67. The van der Waals surface area contributed by atoms with Gasteiger partial charge in [0.2, 0.25) is 0 Å². The lowest BCUT2D eigenvalue weighted by atomic mass is 9.84. The number of amides is 1. The summed E-state index contributed by atoms with van der Waals surface area (Å²) in [5.41, 5.74) is 3.11. The highest BCUT2D eigenvalue weighted by Crippen LogP contribution is 2.35. The second-order valence-corrected chi connectivity index (χ2v) is 12.3. The van der Waals surface area contributed by atoms with Gasteiger partial charge in [-0.15, -0.1) is 0 Å². The number of alkyl carbamates (subject to hydrolysis) is 1. The molecule has 0 saturated carbocycles. The number of carbonyl (C=O) groups is 1. The van der Waals surface area contributed by atoms with Gasteiger partial charge in [0.1, 0.15) is 5.60 Å². The molecule has 1 fully saturated rings.